The van der Waals surface area contributed by atoms with Gasteiger partial charge in [0.1, 0.15) is 0 Å². The fraction of sp³-hybridized carbons (Fsp3) is 0.273. The van der Waals surface area contributed by atoms with Gasteiger partial charge in [-0.3, -0.25) is 4.79 Å². The van der Waals surface area contributed by atoms with Crippen LogP contribution >= 0.6 is 23.1 Å². The molecule has 0 unspecified atom stereocenters. The quantitative estimate of drug-likeness (QED) is 0.508. The third kappa shape index (κ3) is 4.94. The first-order valence-corrected chi connectivity index (χ1v) is 13.3. The number of amides is 1. The van der Waals surface area contributed by atoms with Gasteiger partial charge < -0.3 is 9.80 Å². The molecule has 0 spiro atoms. The summed E-state index contributed by atoms with van der Waals surface area (Å²) in [6.07, 6.45) is 0. The van der Waals surface area contributed by atoms with Crippen molar-refractivity contribution in [2.45, 2.75) is 21.1 Å². The van der Waals surface area contributed by atoms with E-state index in [0.717, 1.165) is 18.7 Å². The summed E-state index contributed by atoms with van der Waals surface area (Å²) < 4.78 is 26.5. The lowest BCUT2D eigenvalue weighted by Gasteiger charge is -2.36. The van der Waals surface area contributed by atoms with E-state index in [9.17, 15) is 13.2 Å². The third-order valence-electron chi connectivity index (χ3n) is 5.17. The number of carbonyl (C=O) groups excluding carboxylic acids is 1. The van der Waals surface area contributed by atoms with Gasteiger partial charge in [-0.25, -0.2) is 13.4 Å². The molecule has 4 rings (SSSR count). The zero-order chi connectivity index (χ0) is 21.8. The van der Waals surface area contributed by atoms with Crippen LogP contribution < -0.4 is 4.90 Å². The fourth-order valence-electron chi connectivity index (χ4n) is 3.40. The first-order chi connectivity index (χ1) is 14.9. The summed E-state index contributed by atoms with van der Waals surface area (Å²) in [6.45, 7) is 4.80. The van der Waals surface area contributed by atoms with Crippen LogP contribution in [0.25, 0.3) is 0 Å². The number of para-hydroxylation sites is 1. The van der Waals surface area contributed by atoms with Gasteiger partial charge in [-0.1, -0.05) is 35.9 Å². The first-order valence-electron chi connectivity index (χ1n) is 9.91. The highest BCUT2D eigenvalue weighted by molar-refractivity contribution is 8.02. The molecule has 0 radical (unpaired) electrons. The number of hydrogen-bond donors (Lipinski definition) is 0. The van der Waals surface area contributed by atoms with Crippen molar-refractivity contribution in [1.82, 2.24) is 9.88 Å². The van der Waals surface area contributed by atoms with Gasteiger partial charge in [-0.05, 0) is 31.2 Å². The molecular formula is C22H23N3O3S3. The number of sulfone groups is 1. The van der Waals surface area contributed by atoms with Crippen LogP contribution in [0.3, 0.4) is 0 Å². The minimum Gasteiger partial charge on any atom is -0.368 e. The summed E-state index contributed by atoms with van der Waals surface area (Å²) in [7, 11) is -3.71. The van der Waals surface area contributed by atoms with E-state index < -0.39 is 9.84 Å². The zero-order valence-electron chi connectivity index (χ0n) is 17.1. The Balaban J connectivity index is 1.37. The molecule has 1 aromatic heterocycles. The Morgan fingerprint density at radius 2 is 1.71 bits per heavy atom. The van der Waals surface area contributed by atoms with E-state index in [0.29, 0.717) is 17.3 Å². The topological polar surface area (TPSA) is 70.6 Å². The van der Waals surface area contributed by atoms with Gasteiger partial charge >= 0.3 is 0 Å². The van der Waals surface area contributed by atoms with Crippen LogP contribution in [0, 0.1) is 6.92 Å². The van der Waals surface area contributed by atoms with Crippen molar-refractivity contribution in [3.05, 3.63) is 65.7 Å². The molecule has 1 amide bonds. The predicted octanol–water partition coefficient (Wildman–Crippen LogP) is 3.73. The van der Waals surface area contributed by atoms with Gasteiger partial charge in [0.2, 0.25) is 15.7 Å². The highest BCUT2D eigenvalue weighted by atomic mass is 32.2. The first kappa shape index (κ1) is 21.9. The predicted molar refractivity (Wildman–Crippen MR) is 125 cm³/mol. The van der Waals surface area contributed by atoms with Gasteiger partial charge in [0.15, 0.2) is 5.03 Å². The van der Waals surface area contributed by atoms with Crippen molar-refractivity contribution in [3.8, 4) is 0 Å². The molecule has 1 saturated heterocycles. The average Bonchev–Trinajstić information content (AvgIpc) is 3.28. The third-order valence-corrected chi connectivity index (χ3v) is 9.25. The second-order valence-corrected chi connectivity index (χ2v) is 11.2. The number of aryl methyl sites for hydroxylation is 1. The van der Waals surface area contributed by atoms with E-state index in [1.54, 1.807) is 24.3 Å². The Bertz CT molecular complexity index is 1140. The minimum atomic E-state index is -3.71. The standard InChI is InChI=1S/C22H23N3O3S3/c1-17-7-9-19(10-8-17)31(27,28)21-22(30-16-23-21)29-15-20(26)25-13-11-24(12-14-25)18-5-3-2-4-6-18/h2-10,16H,11-15H2,1H3. The molecule has 1 fully saturated rings. The number of carbonyl (C=O) groups is 1. The van der Waals surface area contributed by atoms with Crippen LogP contribution in [0.1, 0.15) is 5.56 Å². The fourth-order valence-corrected chi connectivity index (χ4v) is 7.17. The van der Waals surface area contributed by atoms with Crippen molar-refractivity contribution in [1.29, 1.82) is 0 Å². The maximum atomic E-state index is 13.0. The van der Waals surface area contributed by atoms with Crippen LogP contribution in [-0.2, 0) is 14.6 Å². The smallest absolute Gasteiger partial charge is 0.233 e. The zero-order valence-corrected chi connectivity index (χ0v) is 19.5. The number of piperazine rings is 1. The molecule has 0 bridgehead atoms. The largest absolute Gasteiger partial charge is 0.368 e. The second kappa shape index (κ2) is 9.42. The molecule has 162 valence electrons. The molecule has 0 N–H and O–H groups in total. The number of nitrogens with zero attached hydrogens (tertiary/aromatic N) is 3. The number of thioether (sulfide) groups is 1. The van der Waals surface area contributed by atoms with Crippen LogP contribution in [0.2, 0.25) is 0 Å². The van der Waals surface area contributed by atoms with Crippen LogP contribution in [0.4, 0.5) is 5.69 Å². The van der Waals surface area contributed by atoms with E-state index in [1.807, 2.05) is 30.0 Å². The molecule has 0 saturated carbocycles. The van der Waals surface area contributed by atoms with Crippen LogP contribution in [-0.4, -0.2) is 56.1 Å². The van der Waals surface area contributed by atoms with Gasteiger partial charge in [0.05, 0.1) is 20.4 Å². The lowest BCUT2D eigenvalue weighted by atomic mass is 10.2. The molecule has 2 aromatic carbocycles. The number of thiazole rings is 1. The number of aromatic nitrogens is 1. The SMILES string of the molecule is Cc1ccc(S(=O)(=O)c2ncsc2SCC(=O)N2CCN(c3ccccc3)CC2)cc1. The Labute approximate surface area is 190 Å². The van der Waals surface area contributed by atoms with E-state index in [4.69, 9.17) is 0 Å². The lowest BCUT2D eigenvalue weighted by Crippen LogP contribution is -2.49. The maximum absolute atomic E-state index is 13.0. The van der Waals surface area contributed by atoms with Crippen LogP contribution in [0.5, 0.6) is 0 Å². The van der Waals surface area contributed by atoms with Crippen LogP contribution in [0.15, 0.2) is 74.2 Å². The highest BCUT2D eigenvalue weighted by Crippen LogP contribution is 2.33. The number of hydrogen-bond acceptors (Lipinski definition) is 7. The van der Waals surface area contributed by atoms with Crippen molar-refractivity contribution in [2.75, 3.05) is 36.8 Å². The average molecular weight is 474 g/mol. The summed E-state index contributed by atoms with van der Waals surface area (Å²) >= 11 is 2.50. The molecule has 31 heavy (non-hydrogen) atoms. The van der Waals surface area contributed by atoms with Gasteiger partial charge in [0.25, 0.3) is 0 Å². The van der Waals surface area contributed by atoms with Gasteiger partial charge in [-0.15, -0.1) is 23.1 Å². The van der Waals surface area contributed by atoms with E-state index in [1.165, 1.54) is 34.3 Å². The second-order valence-electron chi connectivity index (χ2n) is 7.25. The van der Waals surface area contributed by atoms with E-state index in [-0.39, 0.29) is 21.6 Å². The number of benzene rings is 2. The Morgan fingerprint density at radius 3 is 2.39 bits per heavy atom. The molecular weight excluding hydrogens is 450 g/mol. The summed E-state index contributed by atoms with van der Waals surface area (Å²) in [5.74, 6) is 0.217. The van der Waals surface area contributed by atoms with Crippen molar-refractivity contribution < 1.29 is 13.2 Å². The van der Waals surface area contributed by atoms with Crippen molar-refractivity contribution in [3.63, 3.8) is 0 Å². The lowest BCUT2D eigenvalue weighted by molar-refractivity contribution is -0.128. The Hall–Kier alpha value is -2.36. The van der Waals surface area contributed by atoms with E-state index in [2.05, 4.69) is 22.0 Å². The summed E-state index contributed by atoms with van der Waals surface area (Å²) in [4.78, 5) is 21.2. The van der Waals surface area contributed by atoms with Gasteiger partial charge in [-0.2, -0.15) is 0 Å². The summed E-state index contributed by atoms with van der Waals surface area (Å²) in [5.41, 5.74) is 3.68. The highest BCUT2D eigenvalue weighted by Gasteiger charge is 2.26. The van der Waals surface area contributed by atoms with E-state index >= 15 is 0 Å². The van der Waals surface area contributed by atoms with Crippen molar-refractivity contribution >= 4 is 44.5 Å². The summed E-state index contributed by atoms with van der Waals surface area (Å²) in [5, 5.41) is 0.0352. The minimum absolute atomic E-state index is 0.0183. The molecule has 0 aliphatic carbocycles. The molecule has 1 aliphatic rings. The molecule has 3 aromatic rings. The molecule has 0 atom stereocenters. The number of anilines is 1. The van der Waals surface area contributed by atoms with Crippen molar-refractivity contribution in [2.24, 2.45) is 0 Å². The Morgan fingerprint density at radius 1 is 1.03 bits per heavy atom. The number of rotatable bonds is 6. The normalized spacial score (nSPS) is 14.6. The monoisotopic (exact) mass is 473 g/mol. The Kier molecular flexibility index (Phi) is 6.64. The molecule has 2 heterocycles. The molecule has 9 heteroatoms. The van der Waals surface area contributed by atoms with Gasteiger partial charge in [0, 0.05) is 31.9 Å². The summed E-state index contributed by atoms with van der Waals surface area (Å²) in [6, 6.07) is 16.9. The maximum Gasteiger partial charge on any atom is 0.233 e. The molecule has 6 nitrogen and oxygen atoms in total. The molecule has 1 aliphatic heterocycles.